The number of methoxy groups -OCH3 is 1. The number of hydrogen-bond donors (Lipinski definition) is 3. The Bertz CT molecular complexity index is 510. The van der Waals surface area contributed by atoms with Crippen molar-refractivity contribution in [3.63, 3.8) is 0 Å². The van der Waals surface area contributed by atoms with E-state index in [4.69, 9.17) is 0 Å². The minimum Gasteiger partial charge on any atom is -0.465 e. The van der Waals surface area contributed by atoms with E-state index >= 15 is 0 Å². The monoisotopic (exact) mass is 283 g/mol. The van der Waals surface area contributed by atoms with E-state index in [2.05, 4.69) is 20.9 Å². The number of rotatable bonds is 3. The van der Waals surface area contributed by atoms with Crippen LogP contribution in [-0.4, -0.2) is 25.0 Å². The Hall–Kier alpha value is -2.09. The fourth-order valence-corrected chi connectivity index (χ4v) is 2.14. The van der Waals surface area contributed by atoms with Crippen LogP contribution in [0.25, 0.3) is 0 Å². The lowest BCUT2D eigenvalue weighted by Crippen LogP contribution is -2.44. The number of esters is 1. The van der Waals surface area contributed by atoms with Gasteiger partial charge in [0.25, 0.3) is 0 Å². The van der Waals surface area contributed by atoms with E-state index in [1.807, 2.05) is 0 Å². The fourth-order valence-electron chi connectivity index (χ4n) is 1.38. The van der Waals surface area contributed by atoms with E-state index < -0.39 is 12.0 Å². The molecule has 8 heteroatoms. The number of thiophene rings is 1. The SMILES string of the molecule is COC(=O)c1sccc1NC(=O)NNC(=O)C1CC1. The van der Waals surface area contributed by atoms with Crippen molar-refractivity contribution in [3.8, 4) is 0 Å². The van der Waals surface area contributed by atoms with Crippen molar-refractivity contribution in [2.24, 2.45) is 5.92 Å². The van der Waals surface area contributed by atoms with Crippen LogP contribution in [0.1, 0.15) is 22.5 Å². The second kappa shape index (κ2) is 5.70. The molecule has 0 bridgehead atoms. The molecule has 7 nitrogen and oxygen atoms in total. The third kappa shape index (κ3) is 3.44. The van der Waals surface area contributed by atoms with Crippen LogP contribution in [0.2, 0.25) is 0 Å². The topological polar surface area (TPSA) is 96.5 Å². The molecule has 1 heterocycles. The van der Waals surface area contributed by atoms with Gasteiger partial charge in [0.05, 0.1) is 12.8 Å². The second-order valence-corrected chi connectivity index (χ2v) is 4.91. The van der Waals surface area contributed by atoms with Gasteiger partial charge in [-0.05, 0) is 24.3 Å². The molecule has 1 saturated carbocycles. The summed E-state index contributed by atoms with van der Waals surface area (Å²) in [6, 6.07) is 0.969. The molecule has 102 valence electrons. The number of hydrazine groups is 1. The normalized spacial score (nSPS) is 13.5. The van der Waals surface area contributed by atoms with E-state index in [9.17, 15) is 14.4 Å². The standard InChI is InChI=1S/C11H13N3O4S/c1-18-10(16)8-7(4-5-19-8)12-11(17)14-13-9(15)6-2-3-6/h4-6H,2-3H2,1H3,(H,13,15)(H2,12,14,17). The predicted octanol–water partition coefficient (Wildman–Crippen LogP) is 1.10. The largest absolute Gasteiger partial charge is 0.465 e. The molecule has 1 aromatic heterocycles. The highest BCUT2D eigenvalue weighted by Crippen LogP contribution is 2.28. The van der Waals surface area contributed by atoms with Crippen molar-refractivity contribution in [2.45, 2.75) is 12.8 Å². The van der Waals surface area contributed by atoms with Crippen molar-refractivity contribution in [1.82, 2.24) is 10.9 Å². The summed E-state index contributed by atoms with van der Waals surface area (Å²) in [5, 5.41) is 4.12. The molecule has 19 heavy (non-hydrogen) atoms. The van der Waals surface area contributed by atoms with Gasteiger partial charge in [0.15, 0.2) is 0 Å². The van der Waals surface area contributed by atoms with Crippen LogP contribution in [0.3, 0.4) is 0 Å². The van der Waals surface area contributed by atoms with Crippen molar-refractivity contribution in [1.29, 1.82) is 0 Å². The summed E-state index contributed by atoms with van der Waals surface area (Å²) < 4.78 is 4.58. The van der Waals surface area contributed by atoms with Crippen LogP contribution in [0.5, 0.6) is 0 Å². The Labute approximate surface area is 113 Å². The highest BCUT2D eigenvalue weighted by atomic mass is 32.1. The maximum Gasteiger partial charge on any atom is 0.350 e. The Morgan fingerprint density at radius 2 is 2.05 bits per heavy atom. The zero-order valence-electron chi connectivity index (χ0n) is 10.2. The van der Waals surface area contributed by atoms with Crippen molar-refractivity contribution in [3.05, 3.63) is 16.3 Å². The van der Waals surface area contributed by atoms with Gasteiger partial charge in [-0.25, -0.2) is 15.0 Å². The zero-order chi connectivity index (χ0) is 13.8. The third-order valence-electron chi connectivity index (χ3n) is 2.53. The lowest BCUT2D eigenvalue weighted by Gasteiger charge is -2.08. The van der Waals surface area contributed by atoms with Crippen LogP contribution < -0.4 is 16.2 Å². The molecule has 2 rings (SSSR count). The van der Waals surface area contributed by atoms with Crippen LogP contribution in [-0.2, 0) is 9.53 Å². The molecule has 1 aromatic rings. The van der Waals surface area contributed by atoms with E-state index in [-0.39, 0.29) is 11.8 Å². The van der Waals surface area contributed by atoms with E-state index in [1.54, 1.807) is 11.4 Å². The summed E-state index contributed by atoms with van der Waals surface area (Å²) >= 11 is 1.16. The van der Waals surface area contributed by atoms with Crippen molar-refractivity contribution < 1.29 is 19.1 Å². The first-order valence-corrected chi connectivity index (χ1v) is 6.52. The number of hydrogen-bond acceptors (Lipinski definition) is 5. The Morgan fingerprint density at radius 3 is 2.68 bits per heavy atom. The molecule has 0 aliphatic heterocycles. The average molecular weight is 283 g/mol. The quantitative estimate of drug-likeness (QED) is 0.571. The predicted molar refractivity (Wildman–Crippen MR) is 68.7 cm³/mol. The minimum absolute atomic E-state index is 0.00655. The van der Waals surface area contributed by atoms with Gasteiger partial charge in [0.2, 0.25) is 5.91 Å². The lowest BCUT2D eigenvalue weighted by atomic mass is 10.4. The van der Waals surface area contributed by atoms with Gasteiger partial charge in [0, 0.05) is 5.92 Å². The Morgan fingerprint density at radius 1 is 1.32 bits per heavy atom. The molecule has 0 unspecified atom stereocenters. The van der Waals surface area contributed by atoms with Crippen molar-refractivity contribution >= 4 is 34.9 Å². The molecule has 3 N–H and O–H groups in total. The molecule has 0 radical (unpaired) electrons. The summed E-state index contributed by atoms with van der Waals surface area (Å²) in [5.41, 5.74) is 4.88. The first-order chi connectivity index (χ1) is 9.11. The molecule has 1 aliphatic rings. The van der Waals surface area contributed by atoms with E-state index in [1.165, 1.54) is 7.11 Å². The first kappa shape index (κ1) is 13.3. The number of urea groups is 1. The summed E-state index contributed by atoms with van der Waals surface area (Å²) in [6.45, 7) is 0. The van der Waals surface area contributed by atoms with Gasteiger partial charge < -0.3 is 10.1 Å². The number of anilines is 1. The van der Waals surface area contributed by atoms with Crippen LogP contribution >= 0.6 is 11.3 Å². The van der Waals surface area contributed by atoms with Crippen LogP contribution in [0, 0.1) is 5.92 Å². The van der Waals surface area contributed by atoms with Crippen LogP contribution in [0.15, 0.2) is 11.4 Å². The summed E-state index contributed by atoms with van der Waals surface area (Å²) in [6.07, 6.45) is 1.71. The number of amides is 3. The third-order valence-corrected chi connectivity index (χ3v) is 3.43. The molecular formula is C11H13N3O4S. The summed E-state index contributed by atoms with van der Waals surface area (Å²) in [4.78, 5) is 34.5. The molecule has 0 aromatic carbocycles. The number of nitrogens with one attached hydrogen (secondary N) is 3. The highest BCUT2D eigenvalue weighted by molar-refractivity contribution is 7.12. The molecule has 0 spiro atoms. The molecule has 3 amide bonds. The fraction of sp³-hybridized carbons (Fsp3) is 0.364. The van der Waals surface area contributed by atoms with Gasteiger partial charge in [-0.3, -0.25) is 10.2 Å². The maximum atomic E-state index is 11.5. The van der Waals surface area contributed by atoms with Crippen molar-refractivity contribution in [2.75, 3.05) is 12.4 Å². The highest BCUT2D eigenvalue weighted by Gasteiger charge is 2.29. The molecule has 1 aliphatic carbocycles. The van der Waals surface area contributed by atoms with Gasteiger partial charge >= 0.3 is 12.0 Å². The smallest absolute Gasteiger partial charge is 0.350 e. The number of carbonyl (C=O) groups is 3. The lowest BCUT2D eigenvalue weighted by molar-refractivity contribution is -0.122. The van der Waals surface area contributed by atoms with E-state index in [0.29, 0.717) is 10.6 Å². The number of ether oxygens (including phenoxy) is 1. The van der Waals surface area contributed by atoms with E-state index in [0.717, 1.165) is 24.2 Å². The minimum atomic E-state index is -0.613. The molecular weight excluding hydrogens is 270 g/mol. The maximum absolute atomic E-state index is 11.5. The molecule has 0 saturated heterocycles. The molecule has 1 fully saturated rings. The Kier molecular flexibility index (Phi) is 4.00. The van der Waals surface area contributed by atoms with Gasteiger partial charge in [-0.2, -0.15) is 0 Å². The second-order valence-electron chi connectivity index (χ2n) is 4.00. The zero-order valence-corrected chi connectivity index (χ0v) is 11.0. The van der Waals surface area contributed by atoms with Crippen LogP contribution in [0.4, 0.5) is 10.5 Å². The van der Waals surface area contributed by atoms with Gasteiger partial charge in [-0.15, -0.1) is 11.3 Å². The first-order valence-electron chi connectivity index (χ1n) is 5.64. The summed E-state index contributed by atoms with van der Waals surface area (Å²) in [5.74, 6) is -0.715. The average Bonchev–Trinajstić information content (AvgIpc) is 3.16. The molecule has 0 atom stereocenters. The van der Waals surface area contributed by atoms with Gasteiger partial charge in [0.1, 0.15) is 4.88 Å². The summed E-state index contributed by atoms with van der Waals surface area (Å²) in [7, 11) is 1.27. The number of carbonyl (C=O) groups excluding carboxylic acids is 3. The Balaban J connectivity index is 1.86. The van der Waals surface area contributed by atoms with Gasteiger partial charge in [-0.1, -0.05) is 0 Å².